The van der Waals surface area contributed by atoms with Crippen molar-refractivity contribution in [2.24, 2.45) is 5.84 Å². The Labute approximate surface area is 129 Å². The Bertz CT molecular complexity index is 622. The largest absolute Gasteiger partial charge is 0.271 e. The third kappa shape index (κ3) is 3.17. The van der Waals surface area contributed by atoms with Crippen LogP contribution < -0.4 is 11.3 Å². The first-order valence-corrected chi connectivity index (χ1v) is 7.04. The lowest BCUT2D eigenvalue weighted by molar-refractivity contribution is 0.540. The Morgan fingerprint density at radius 2 is 1.80 bits per heavy atom. The molecule has 2 rings (SSSR count). The van der Waals surface area contributed by atoms with Gasteiger partial charge in [0.1, 0.15) is 11.6 Å². The lowest BCUT2D eigenvalue weighted by Gasteiger charge is -2.19. The van der Waals surface area contributed by atoms with Crippen LogP contribution in [0.2, 0.25) is 5.02 Å². The number of hydrazine groups is 1. The van der Waals surface area contributed by atoms with Crippen molar-refractivity contribution in [1.29, 1.82) is 0 Å². The molecule has 2 aromatic rings. The summed E-state index contributed by atoms with van der Waals surface area (Å²) in [4.78, 5) is 0. The highest BCUT2D eigenvalue weighted by molar-refractivity contribution is 9.10. The SMILES string of the molecule is NNC(Cc1cccc(F)c1Br)c1cccc(F)c1Cl. The minimum atomic E-state index is -0.511. The number of nitrogens with two attached hydrogens (primary N) is 1. The van der Waals surface area contributed by atoms with Crippen molar-refractivity contribution in [2.45, 2.75) is 12.5 Å². The minimum absolute atomic E-state index is 0.0166. The van der Waals surface area contributed by atoms with Crippen molar-refractivity contribution in [3.63, 3.8) is 0 Å². The van der Waals surface area contributed by atoms with E-state index >= 15 is 0 Å². The summed E-state index contributed by atoms with van der Waals surface area (Å²) in [5.41, 5.74) is 3.84. The van der Waals surface area contributed by atoms with E-state index in [0.717, 1.165) is 0 Å². The third-order valence-corrected chi connectivity index (χ3v) is 4.30. The van der Waals surface area contributed by atoms with Gasteiger partial charge in [-0.05, 0) is 45.6 Å². The maximum atomic E-state index is 13.5. The smallest absolute Gasteiger partial charge is 0.142 e. The molecule has 0 heterocycles. The first-order chi connectivity index (χ1) is 9.54. The zero-order valence-corrected chi connectivity index (χ0v) is 12.7. The van der Waals surface area contributed by atoms with Gasteiger partial charge < -0.3 is 0 Å². The highest BCUT2D eigenvalue weighted by Gasteiger charge is 2.18. The Balaban J connectivity index is 2.34. The first kappa shape index (κ1) is 15.4. The molecular weight excluding hydrogens is 350 g/mol. The summed E-state index contributed by atoms with van der Waals surface area (Å²) in [7, 11) is 0. The average Bonchev–Trinajstić information content (AvgIpc) is 2.44. The van der Waals surface area contributed by atoms with Gasteiger partial charge in [0.05, 0.1) is 15.5 Å². The molecule has 0 saturated heterocycles. The Hall–Kier alpha value is -1.01. The molecule has 2 nitrogen and oxygen atoms in total. The summed E-state index contributed by atoms with van der Waals surface area (Å²) in [5, 5.41) is 0.0166. The molecule has 0 aliphatic heterocycles. The van der Waals surface area contributed by atoms with E-state index in [4.69, 9.17) is 17.4 Å². The zero-order valence-electron chi connectivity index (χ0n) is 10.3. The van der Waals surface area contributed by atoms with Gasteiger partial charge in [0.15, 0.2) is 0 Å². The van der Waals surface area contributed by atoms with Crippen molar-refractivity contribution in [1.82, 2.24) is 5.43 Å². The zero-order chi connectivity index (χ0) is 14.7. The fourth-order valence-electron chi connectivity index (χ4n) is 1.97. The van der Waals surface area contributed by atoms with Crippen LogP contribution in [0, 0.1) is 11.6 Å². The second-order valence-electron chi connectivity index (χ2n) is 4.28. The van der Waals surface area contributed by atoms with Crippen molar-refractivity contribution in [3.8, 4) is 0 Å². The number of hydrogen-bond donors (Lipinski definition) is 2. The summed E-state index contributed by atoms with van der Waals surface area (Å²) in [6.07, 6.45) is 0.373. The number of benzene rings is 2. The molecule has 20 heavy (non-hydrogen) atoms. The van der Waals surface area contributed by atoms with Crippen LogP contribution in [0.1, 0.15) is 17.2 Å². The molecule has 3 N–H and O–H groups in total. The fraction of sp³-hybridized carbons (Fsp3) is 0.143. The fourth-order valence-corrected chi connectivity index (χ4v) is 2.66. The predicted octanol–water partition coefficient (Wildman–Crippen LogP) is 4.13. The van der Waals surface area contributed by atoms with Gasteiger partial charge in [-0.3, -0.25) is 11.3 Å². The van der Waals surface area contributed by atoms with E-state index in [1.807, 2.05) is 0 Å². The molecule has 1 unspecified atom stereocenters. The van der Waals surface area contributed by atoms with Crippen LogP contribution >= 0.6 is 27.5 Å². The Morgan fingerprint density at radius 1 is 1.15 bits per heavy atom. The van der Waals surface area contributed by atoms with Gasteiger partial charge >= 0.3 is 0 Å². The molecule has 0 fully saturated rings. The Kier molecular flexibility index (Phi) is 5.10. The maximum Gasteiger partial charge on any atom is 0.142 e. The summed E-state index contributed by atoms with van der Waals surface area (Å²) < 4.78 is 27.4. The highest BCUT2D eigenvalue weighted by atomic mass is 79.9. The second-order valence-corrected chi connectivity index (χ2v) is 5.45. The van der Waals surface area contributed by atoms with Gasteiger partial charge in [-0.2, -0.15) is 0 Å². The summed E-state index contributed by atoms with van der Waals surface area (Å²) in [5.74, 6) is 4.65. The molecule has 6 heteroatoms. The van der Waals surface area contributed by atoms with Crippen LogP contribution in [0.25, 0.3) is 0 Å². The number of hydrogen-bond acceptors (Lipinski definition) is 2. The average molecular weight is 362 g/mol. The molecule has 1 atom stereocenters. The monoisotopic (exact) mass is 360 g/mol. The van der Waals surface area contributed by atoms with Gasteiger partial charge in [0.2, 0.25) is 0 Å². The molecule has 2 aromatic carbocycles. The normalized spacial score (nSPS) is 12.4. The molecule has 106 valence electrons. The molecule has 0 spiro atoms. The van der Waals surface area contributed by atoms with E-state index in [2.05, 4.69) is 21.4 Å². The summed E-state index contributed by atoms with van der Waals surface area (Å²) in [6.45, 7) is 0. The molecule has 0 aliphatic rings. The molecule has 0 aliphatic carbocycles. The standard InChI is InChI=1S/C14H12BrClF2N2/c15-13-8(3-1-5-10(13)17)7-12(20-19)9-4-2-6-11(18)14(9)16/h1-6,12,20H,7,19H2. The second kappa shape index (κ2) is 6.63. The van der Waals surface area contributed by atoms with Crippen LogP contribution in [0.5, 0.6) is 0 Å². The van der Waals surface area contributed by atoms with Gasteiger partial charge in [-0.1, -0.05) is 35.9 Å². The van der Waals surface area contributed by atoms with E-state index in [1.54, 1.807) is 24.3 Å². The number of halogens is 4. The van der Waals surface area contributed by atoms with E-state index < -0.39 is 11.9 Å². The van der Waals surface area contributed by atoms with E-state index in [1.165, 1.54) is 12.1 Å². The molecule has 0 bridgehead atoms. The molecule has 0 radical (unpaired) electrons. The quantitative estimate of drug-likeness (QED) is 0.635. The lowest BCUT2D eigenvalue weighted by Crippen LogP contribution is -2.30. The third-order valence-electron chi connectivity index (χ3n) is 3.01. The van der Waals surface area contributed by atoms with Crippen molar-refractivity contribution in [3.05, 3.63) is 68.7 Å². The van der Waals surface area contributed by atoms with E-state index in [-0.39, 0.29) is 10.8 Å². The topological polar surface area (TPSA) is 38.0 Å². The molecule has 0 saturated carbocycles. The van der Waals surface area contributed by atoms with Crippen LogP contribution in [-0.2, 0) is 6.42 Å². The van der Waals surface area contributed by atoms with Crippen molar-refractivity contribution >= 4 is 27.5 Å². The predicted molar refractivity (Wildman–Crippen MR) is 79.3 cm³/mol. The summed E-state index contributed by atoms with van der Waals surface area (Å²) in [6, 6.07) is 8.83. The van der Waals surface area contributed by atoms with Crippen LogP contribution in [0.4, 0.5) is 8.78 Å². The summed E-state index contributed by atoms with van der Waals surface area (Å²) >= 11 is 9.14. The first-order valence-electron chi connectivity index (χ1n) is 5.87. The molecule has 0 amide bonds. The van der Waals surface area contributed by atoms with Gasteiger partial charge in [-0.25, -0.2) is 8.78 Å². The van der Waals surface area contributed by atoms with Gasteiger partial charge in [-0.15, -0.1) is 0 Å². The van der Waals surface area contributed by atoms with Gasteiger partial charge in [0.25, 0.3) is 0 Å². The van der Waals surface area contributed by atoms with E-state index in [0.29, 0.717) is 22.0 Å². The van der Waals surface area contributed by atoms with Gasteiger partial charge in [0, 0.05) is 0 Å². The van der Waals surface area contributed by atoms with Crippen molar-refractivity contribution < 1.29 is 8.78 Å². The number of rotatable bonds is 4. The molecular formula is C14H12BrClF2N2. The minimum Gasteiger partial charge on any atom is -0.271 e. The lowest BCUT2D eigenvalue weighted by atomic mass is 9.99. The van der Waals surface area contributed by atoms with Crippen LogP contribution in [0.15, 0.2) is 40.9 Å². The Morgan fingerprint density at radius 3 is 2.50 bits per heavy atom. The van der Waals surface area contributed by atoms with E-state index in [9.17, 15) is 8.78 Å². The number of nitrogens with one attached hydrogen (secondary N) is 1. The van der Waals surface area contributed by atoms with Crippen LogP contribution in [0.3, 0.4) is 0 Å². The maximum absolute atomic E-state index is 13.5. The van der Waals surface area contributed by atoms with Crippen molar-refractivity contribution in [2.75, 3.05) is 0 Å². The molecule has 0 aromatic heterocycles. The highest BCUT2D eigenvalue weighted by Crippen LogP contribution is 2.30. The van der Waals surface area contributed by atoms with Crippen LogP contribution in [-0.4, -0.2) is 0 Å².